The van der Waals surface area contributed by atoms with E-state index >= 15 is 0 Å². The molecule has 86 valence electrons. The van der Waals surface area contributed by atoms with Crippen LogP contribution in [0.1, 0.15) is 36.9 Å². The highest BCUT2D eigenvalue weighted by Gasteiger charge is 2.28. The van der Waals surface area contributed by atoms with E-state index in [1.165, 1.54) is 4.68 Å². The van der Waals surface area contributed by atoms with E-state index in [4.69, 9.17) is 10.5 Å². The van der Waals surface area contributed by atoms with Crippen molar-refractivity contribution in [1.29, 1.82) is 0 Å². The molecule has 1 saturated carbocycles. The standard InChI is InChI=1S/C11H15N3O2/c12-9-5-10(7-1-2-7)13-14(11(9)15)8-3-4-16-6-8/h5,7-8H,1-4,6,12H2/t8-/m0/s1. The zero-order valence-corrected chi connectivity index (χ0v) is 9.06. The number of hydrogen-bond acceptors (Lipinski definition) is 4. The maximum atomic E-state index is 11.9. The molecule has 5 nitrogen and oxygen atoms in total. The quantitative estimate of drug-likeness (QED) is 0.796. The largest absolute Gasteiger partial charge is 0.394 e. The van der Waals surface area contributed by atoms with Crippen molar-refractivity contribution in [1.82, 2.24) is 9.78 Å². The van der Waals surface area contributed by atoms with Gasteiger partial charge < -0.3 is 10.5 Å². The highest BCUT2D eigenvalue weighted by Crippen LogP contribution is 2.39. The van der Waals surface area contributed by atoms with Crippen LogP contribution in [-0.4, -0.2) is 23.0 Å². The predicted octanol–water partition coefficient (Wildman–Crippen LogP) is 0.664. The zero-order valence-electron chi connectivity index (χ0n) is 9.06. The van der Waals surface area contributed by atoms with Gasteiger partial charge in [0.15, 0.2) is 0 Å². The van der Waals surface area contributed by atoms with Crippen molar-refractivity contribution in [3.63, 3.8) is 0 Å². The lowest BCUT2D eigenvalue weighted by Crippen LogP contribution is -2.30. The van der Waals surface area contributed by atoms with Crippen LogP contribution >= 0.6 is 0 Å². The van der Waals surface area contributed by atoms with Crippen molar-refractivity contribution in [3.8, 4) is 0 Å². The fourth-order valence-electron chi connectivity index (χ4n) is 2.09. The van der Waals surface area contributed by atoms with Crippen LogP contribution in [0.15, 0.2) is 10.9 Å². The molecule has 1 aromatic heterocycles. The summed E-state index contributed by atoms with van der Waals surface area (Å²) in [6.45, 7) is 1.27. The summed E-state index contributed by atoms with van der Waals surface area (Å²) in [5.74, 6) is 0.511. The second-order valence-electron chi connectivity index (χ2n) is 4.57. The Balaban J connectivity index is 2.03. The number of nitrogens with two attached hydrogens (primary N) is 1. The van der Waals surface area contributed by atoms with Crippen LogP contribution in [-0.2, 0) is 4.74 Å². The van der Waals surface area contributed by atoms with Gasteiger partial charge in [0, 0.05) is 12.5 Å². The third-order valence-electron chi connectivity index (χ3n) is 3.23. The fourth-order valence-corrected chi connectivity index (χ4v) is 2.09. The average molecular weight is 221 g/mol. The number of rotatable bonds is 2. The summed E-state index contributed by atoms with van der Waals surface area (Å²) in [5.41, 5.74) is 6.83. The maximum absolute atomic E-state index is 11.9. The van der Waals surface area contributed by atoms with Crippen molar-refractivity contribution in [2.24, 2.45) is 0 Å². The lowest BCUT2D eigenvalue weighted by molar-refractivity contribution is 0.183. The SMILES string of the molecule is Nc1cc(C2CC2)nn([C@H]2CCOC2)c1=O. The lowest BCUT2D eigenvalue weighted by atomic mass is 10.2. The molecule has 16 heavy (non-hydrogen) atoms. The van der Waals surface area contributed by atoms with Gasteiger partial charge in [-0.05, 0) is 25.3 Å². The summed E-state index contributed by atoms with van der Waals surface area (Å²) < 4.78 is 6.81. The minimum Gasteiger partial charge on any atom is -0.394 e. The third-order valence-corrected chi connectivity index (χ3v) is 3.23. The Morgan fingerprint density at radius 3 is 2.88 bits per heavy atom. The Labute approximate surface area is 93.2 Å². The lowest BCUT2D eigenvalue weighted by Gasteiger charge is -2.12. The van der Waals surface area contributed by atoms with Gasteiger partial charge in [0.1, 0.15) is 5.69 Å². The molecular weight excluding hydrogens is 206 g/mol. The van der Waals surface area contributed by atoms with Gasteiger partial charge in [0.05, 0.1) is 18.3 Å². The van der Waals surface area contributed by atoms with Gasteiger partial charge in [0.2, 0.25) is 0 Å². The number of hydrogen-bond donors (Lipinski definition) is 1. The Hall–Kier alpha value is -1.36. The highest BCUT2D eigenvalue weighted by molar-refractivity contribution is 5.37. The third kappa shape index (κ3) is 1.61. The molecule has 1 saturated heterocycles. The van der Waals surface area contributed by atoms with Crippen LogP contribution in [0.2, 0.25) is 0 Å². The zero-order chi connectivity index (χ0) is 11.1. The summed E-state index contributed by atoms with van der Waals surface area (Å²) in [6, 6.07) is 1.79. The molecule has 1 aliphatic heterocycles. The molecule has 1 aliphatic carbocycles. The summed E-state index contributed by atoms with van der Waals surface area (Å²) in [7, 11) is 0. The topological polar surface area (TPSA) is 70.1 Å². The molecule has 2 heterocycles. The molecule has 0 radical (unpaired) electrons. The molecule has 0 spiro atoms. The Morgan fingerprint density at radius 2 is 2.25 bits per heavy atom. The Bertz CT molecular complexity index is 459. The number of anilines is 1. The van der Waals surface area contributed by atoms with E-state index in [0.717, 1.165) is 25.0 Å². The van der Waals surface area contributed by atoms with E-state index in [9.17, 15) is 4.79 Å². The molecule has 5 heteroatoms. The van der Waals surface area contributed by atoms with Crippen molar-refractivity contribution < 1.29 is 4.74 Å². The van der Waals surface area contributed by atoms with Gasteiger partial charge in [-0.25, -0.2) is 4.68 Å². The van der Waals surface area contributed by atoms with Gasteiger partial charge in [-0.15, -0.1) is 0 Å². The molecular formula is C11H15N3O2. The average Bonchev–Trinajstić information content (AvgIpc) is 2.98. The smallest absolute Gasteiger partial charge is 0.290 e. The van der Waals surface area contributed by atoms with E-state index < -0.39 is 0 Å². The molecule has 1 atom stereocenters. The second kappa shape index (κ2) is 3.59. The van der Waals surface area contributed by atoms with Crippen LogP contribution in [0.5, 0.6) is 0 Å². The maximum Gasteiger partial charge on any atom is 0.290 e. The first-order valence-corrected chi connectivity index (χ1v) is 5.72. The van der Waals surface area contributed by atoms with Crippen LogP contribution in [0.3, 0.4) is 0 Å². The first-order valence-electron chi connectivity index (χ1n) is 5.72. The van der Waals surface area contributed by atoms with Crippen molar-refractivity contribution >= 4 is 5.69 Å². The van der Waals surface area contributed by atoms with Gasteiger partial charge in [0.25, 0.3) is 5.56 Å². The molecule has 1 aromatic rings. The molecule has 2 aliphatic rings. The van der Waals surface area contributed by atoms with Gasteiger partial charge in [-0.1, -0.05) is 0 Å². The van der Waals surface area contributed by atoms with Crippen LogP contribution in [0.25, 0.3) is 0 Å². The molecule has 0 unspecified atom stereocenters. The predicted molar refractivity (Wildman–Crippen MR) is 59.4 cm³/mol. The molecule has 2 N–H and O–H groups in total. The molecule has 0 amide bonds. The minimum absolute atomic E-state index is 0.0634. The van der Waals surface area contributed by atoms with Gasteiger partial charge in [-0.3, -0.25) is 4.79 Å². The molecule has 2 fully saturated rings. The van der Waals surface area contributed by atoms with Crippen LogP contribution < -0.4 is 11.3 Å². The monoisotopic (exact) mass is 221 g/mol. The van der Waals surface area contributed by atoms with Crippen LogP contribution in [0.4, 0.5) is 5.69 Å². The van der Waals surface area contributed by atoms with Crippen molar-refractivity contribution in [2.75, 3.05) is 18.9 Å². The highest BCUT2D eigenvalue weighted by atomic mass is 16.5. The van der Waals surface area contributed by atoms with E-state index in [2.05, 4.69) is 5.10 Å². The minimum atomic E-state index is -0.181. The van der Waals surface area contributed by atoms with Gasteiger partial charge in [-0.2, -0.15) is 5.10 Å². The molecule has 0 aromatic carbocycles. The Morgan fingerprint density at radius 1 is 1.44 bits per heavy atom. The fraction of sp³-hybridized carbons (Fsp3) is 0.636. The van der Waals surface area contributed by atoms with E-state index in [1.54, 1.807) is 6.07 Å². The van der Waals surface area contributed by atoms with Gasteiger partial charge >= 0.3 is 0 Å². The normalized spacial score (nSPS) is 24.9. The van der Waals surface area contributed by atoms with E-state index in [0.29, 0.717) is 24.8 Å². The number of nitrogen functional groups attached to an aromatic ring is 1. The summed E-state index contributed by atoms with van der Waals surface area (Å²) >= 11 is 0. The molecule has 0 bridgehead atoms. The first-order chi connectivity index (χ1) is 7.75. The molecule has 3 rings (SSSR count). The number of ether oxygens (including phenoxy) is 1. The first kappa shape index (κ1) is 9.84. The summed E-state index contributed by atoms with van der Waals surface area (Å²) in [4.78, 5) is 11.9. The second-order valence-corrected chi connectivity index (χ2v) is 4.57. The summed E-state index contributed by atoms with van der Waals surface area (Å²) in [5, 5.41) is 4.42. The Kier molecular flexibility index (Phi) is 2.21. The van der Waals surface area contributed by atoms with Crippen LogP contribution in [0, 0.1) is 0 Å². The summed E-state index contributed by atoms with van der Waals surface area (Å²) in [6.07, 6.45) is 3.16. The number of aromatic nitrogens is 2. The van der Waals surface area contributed by atoms with E-state index in [-0.39, 0.29) is 11.6 Å². The van der Waals surface area contributed by atoms with Crippen molar-refractivity contribution in [3.05, 3.63) is 22.1 Å². The number of nitrogens with zero attached hydrogens (tertiary/aromatic N) is 2. The van der Waals surface area contributed by atoms with Crippen molar-refractivity contribution in [2.45, 2.75) is 31.2 Å². The van der Waals surface area contributed by atoms with E-state index in [1.807, 2.05) is 0 Å².